The minimum Gasteiger partial charge on any atom is -0.497 e. The normalized spacial score (nSPS) is 15.1. The van der Waals surface area contributed by atoms with Crippen LogP contribution in [0, 0.1) is 16.7 Å². The molecule has 0 fully saturated rings. The highest BCUT2D eigenvalue weighted by atomic mass is 16.5. The number of carbonyl (C=O) groups excluding carboxylic acids is 1. The Balaban J connectivity index is 2.08. The molecule has 4 nitrogen and oxygen atoms in total. The van der Waals surface area contributed by atoms with Gasteiger partial charge in [-0.3, -0.25) is 4.79 Å². The lowest BCUT2D eigenvalue weighted by Gasteiger charge is -2.30. The number of hydrogen-bond donors (Lipinski definition) is 0. The number of rotatable bonds is 3. The zero-order valence-corrected chi connectivity index (χ0v) is 12.7. The van der Waals surface area contributed by atoms with Gasteiger partial charge in [-0.2, -0.15) is 5.26 Å². The average molecular weight is 284 g/mol. The second-order valence-electron chi connectivity index (χ2n) is 5.70. The van der Waals surface area contributed by atoms with Crippen LogP contribution < -0.4 is 4.74 Å². The first-order valence-electron chi connectivity index (χ1n) is 7.02. The summed E-state index contributed by atoms with van der Waals surface area (Å²) in [4.78, 5) is 14.0. The molecule has 0 aromatic heterocycles. The zero-order chi connectivity index (χ0) is 15.5. The van der Waals surface area contributed by atoms with Crippen LogP contribution in [0.4, 0.5) is 0 Å². The number of amides is 1. The van der Waals surface area contributed by atoms with Crippen molar-refractivity contribution in [3.05, 3.63) is 35.9 Å². The van der Waals surface area contributed by atoms with Crippen LogP contribution in [0.2, 0.25) is 0 Å². The molecule has 1 aromatic rings. The summed E-state index contributed by atoms with van der Waals surface area (Å²) >= 11 is 0. The molecule has 2 rings (SSSR count). The third-order valence-electron chi connectivity index (χ3n) is 3.77. The Kier molecular flexibility index (Phi) is 4.32. The van der Waals surface area contributed by atoms with E-state index in [1.54, 1.807) is 25.9 Å². The topological polar surface area (TPSA) is 53.3 Å². The number of nitrogens with zero attached hydrogens (tertiary/aromatic N) is 2. The van der Waals surface area contributed by atoms with Crippen molar-refractivity contribution in [1.82, 2.24) is 4.90 Å². The standard InChI is InChI=1S/C17H20N2O2/c1-17(2,12-18)16(20)19-10-8-14(9-11-19)13-4-6-15(21-3)7-5-13/h4-8H,9-11H2,1-3H3. The van der Waals surface area contributed by atoms with Crippen LogP contribution in [0.5, 0.6) is 5.75 Å². The van der Waals surface area contributed by atoms with E-state index in [2.05, 4.69) is 12.1 Å². The molecular formula is C17H20N2O2. The quantitative estimate of drug-likeness (QED) is 0.857. The maximum atomic E-state index is 12.2. The first kappa shape index (κ1) is 15.1. The molecule has 0 saturated carbocycles. The van der Waals surface area contributed by atoms with E-state index in [4.69, 9.17) is 10.00 Å². The molecule has 0 atom stereocenters. The third kappa shape index (κ3) is 3.25. The molecule has 0 radical (unpaired) electrons. The van der Waals surface area contributed by atoms with Gasteiger partial charge < -0.3 is 9.64 Å². The van der Waals surface area contributed by atoms with Crippen molar-refractivity contribution in [3.63, 3.8) is 0 Å². The summed E-state index contributed by atoms with van der Waals surface area (Å²) in [5, 5.41) is 9.05. The van der Waals surface area contributed by atoms with E-state index in [0.29, 0.717) is 13.1 Å². The highest BCUT2D eigenvalue weighted by molar-refractivity contribution is 5.85. The van der Waals surface area contributed by atoms with Crippen molar-refractivity contribution in [3.8, 4) is 11.8 Å². The van der Waals surface area contributed by atoms with Crippen molar-refractivity contribution < 1.29 is 9.53 Å². The van der Waals surface area contributed by atoms with Gasteiger partial charge in [-0.25, -0.2) is 0 Å². The Morgan fingerprint density at radius 2 is 2.00 bits per heavy atom. The number of benzene rings is 1. The van der Waals surface area contributed by atoms with Crippen molar-refractivity contribution in [2.45, 2.75) is 20.3 Å². The van der Waals surface area contributed by atoms with Crippen LogP contribution in [0.3, 0.4) is 0 Å². The molecule has 1 heterocycles. The molecule has 1 aliphatic heterocycles. The van der Waals surface area contributed by atoms with Crippen molar-refractivity contribution in [1.29, 1.82) is 5.26 Å². The van der Waals surface area contributed by atoms with E-state index in [-0.39, 0.29) is 5.91 Å². The van der Waals surface area contributed by atoms with Crippen molar-refractivity contribution in [2.24, 2.45) is 5.41 Å². The molecule has 0 aliphatic carbocycles. The Morgan fingerprint density at radius 3 is 2.48 bits per heavy atom. The van der Waals surface area contributed by atoms with E-state index >= 15 is 0 Å². The van der Waals surface area contributed by atoms with Gasteiger partial charge in [0.1, 0.15) is 11.2 Å². The number of ether oxygens (including phenoxy) is 1. The van der Waals surface area contributed by atoms with Crippen molar-refractivity contribution in [2.75, 3.05) is 20.2 Å². The van der Waals surface area contributed by atoms with Gasteiger partial charge in [0.2, 0.25) is 5.91 Å². The molecule has 0 saturated heterocycles. The second kappa shape index (κ2) is 6.01. The van der Waals surface area contributed by atoms with Crippen LogP contribution in [-0.4, -0.2) is 31.0 Å². The molecule has 0 bridgehead atoms. The number of nitriles is 1. The van der Waals surface area contributed by atoms with Crippen LogP contribution in [-0.2, 0) is 4.79 Å². The molecule has 0 spiro atoms. The number of methoxy groups -OCH3 is 1. The Labute approximate surface area is 125 Å². The highest BCUT2D eigenvalue weighted by Crippen LogP contribution is 2.26. The summed E-state index contributed by atoms with van der Waals surface area (Å²) in [7, 11) is 1.65. The Bertz CT molecular complexity index is 594. The fraction of sp³-hybridized carbons (Fsp3) is 0.412. The van der Waals surface area contributed by atoms with E-state index in [1.165, 1.54) is 5.57 Å². The highest BCUT2D eigenvalue weighted by Gasteiger charge is 2.32. The van der Waals surface area contributed by atoms with Gasteiger partial charge in [-0.05, 0) is 43.5 Å². The van der Waals surface area contributed by atoms with Gasteiger partial charge in [0.15, 0.2) is 0 Å². The van der Waals surface area contributed by atoms with Gasteiger partial charge in [-0.1, -0.05) is 18.2 Å². The van der Waals surface area contributed by atoms with Crippen LogP contribution in [0.1, 0.15) is 25.8 Å². The SMILES string of the molecule is COc1ccc(C2=CCN(C(=O)C(C)(C)C#N)CC2)cc1. The number of hydrogen-bond acceptors (Lipinski definition) is 3. The first-order chi connectivity index (χ1) is 9.97. The molecule has 1 aromatic carbocycles. The summed E-state index contributed by atoms with van der Waals surface area (Å²) in [6.07, 6.45) is 2.87. The summed E-state index contributed by atoms with van der Waals surface area (Å²) in [6.45, 7) is 4.54. The van der Waals surface area contributed by atoms with E-state index < -0.39 is 5.41 Å². The minimum absolute atomic E-state index is 0.102. The van der Waals surface area contributed by atoms with E-state index in [9.17, 15) is 4.79 Å². The monoisotopic (exact) mass is 284 g/mol. The van der Waals surface area contributed by atoms with Crippen LogP contribution in [0.15, 0.2) is 30.3 Å². The molecule has 4 heteroatoms. The van der Waals surface area contributed by atoms with Crippen LogP contribution >= 0.6 is 0 Å². The van der Waals surface area contributed by atoms with Crippen LogP contribution in [0.25, 0.3) is 5.57 Å². The fourth-order valence-corrected chi connectivity index (χ4v) is 2.36. The second-order valence-corrected chi connectivity index (χ2v) is 5.70. The lowest BCUT2D eigenvalue weighted by atomic mass is 9.92. The smallest absolute Gasteiger partial charge is 0.242 e. The maximum absolute atomic E-state index is 12.2. The fourth-order valence-electron chi connectivity index (χ4n) is 2.36. The molecule has 21 heavy (non-hydrogen) atoms. The lowest BCUT2D eigenvalue weighted by molar-refractivity contribution is -0.137. The predicted octanol–water partition coefficient (Wildman–Crippen LogP) is 2.86. The molecule has 1 amide bonds. The summed E-state index contributed by atoms with van der Waals surface area (Å²) in [6, 6.07) is 10.0. The molecule has 0 unspecified atom stereocenters. The molecule has 110 valence electrons. The van der Waals surface area contributed by atoms with Gasteiger partial charge in [0.05, 0.1) is 13.2 Å². The molecule has 1 aliphatic rings. The summed E-state index contributed by atoms with van der Waals surface area (Å²) in [5.41, 5.74) is 1.43. The molecule has 0 N–H and O–H groups in total. The van der Waals surface area contributed by atoms with Gasteiger partial charge >= 0.3 is 0 Å². The first-order valence-corrected chi connectivity index (χ1v) is 7.02. The number of carbonyl (C=O) groups is 1. The zero-order valence-electron chi connectivity index (χ0n) is 12.7. The molecular weight excluding hydrogens is 264 g/mol. The lowest BCUT2D eigenvalue weighted by Crippen LogP contribution is -2.42. The van der Waals surface area contributed by atoms with Crippen molar-refractivity contribution >= 4 is 11.5 Å². The van der Waals surface area contributed by atoms with E-state index in [1.807, 2.05) is 24.3 Å². The van der Waals surface area contributed by atoms with Gasteiger partial charge in [0.25, 0.3) is 0 Å². The summed E-state index contributed by atoms with van der Waals surface area (Å²) < 4.78 is 5.15. The van der Waals surface area contributed by atoms with Gasteiger partial charge in [-0.15, -0.1) is 0 Å². The maximum Gasteiger partial charge on any atom is 0.242 e. The average Bonchev–Trinajstić information content (AvgIpc) is 2.54. The Morgan fingerprint density at radius 1 is 1.33 bits per heavy atom. The largest absolute Gasteiger partial charge is 0.497 e. The predicted molar refractivity (Wildman–Crippen MR) is 81.6 cm³/mol. The summed E-state index contributed by atoms with van der Waals surface area (Å²) in [5.74, 6) is 0.734. The third-order valence-corrected chi connectivity index (χ3v) is 3.77. The minimum atomic E-state index is -0.953. The van der Waals surface area contributed by atoms with E-state index in [0.717, 1.165) is 17.7 Å². The van der Waals surface area contributed by atoms with Gasteiger partial charge in [0, 0.05) is 13.1 Å². The Hall–Kier alpha value is -2.28.